The summed E-state index contributed by atoms with van der Waals surface area (Å²) in [5, 5.41) is 0. The Morgan fingerprint density at radius 1 is 1.28 bits per heavy atom. The highest BCUT2D eigenvalue weighted by atomic mass is 16.1. The van der Waals surface area contributed by atoms with Crippen LogP contribution < -0.4 is 10.5 Å². The van der Waals surface area contributed by atoms with Gasteiger partial charge in [0.2, 0.25) is 0 Å². The number of aromatic nitrogens is 2. The summed E-state index contributed by atoms with van der Waals surface area (Å²) in [4.78, 5) is 20.3. The SMILES string of the molecule is Cc1nc(N(C)CCc2ccccc2)cc(=O)[nH]1. The zero-order chi connectivity index (χ0) is 13.0. The molecule has 1 aromatic carbocycles. The van der Waals surface area contributed by atoms with E-state index in [4.69, 9.17) is 0 Å². The van der Waals surface area contributed by atoms with Crippen molar-refractivity contribution in [2.45, 2.75) is 13.3 Å². The average molecular weight is 243 g/mol. The molecule has 4 nitrogen and oxygen atoms in total. The summed E-state index contributed by atoms with van der Waals surface area (Å²) in [7, 11) is 1.95. The monoisotopic (exact) mass is 243 g/mol. The van der Waals surface area contributed by atoms with Crippen LogP contribution in [-0.2, 0) is 6.42 Å². The Morgan fingerprint density at radius 3 is 2.67 bits per heavy atom. The third-order valence-electron chi connectivity index (χ3n) is 2.82. The number of nitrogens with zero attached hydrogens (tertiary/aromatic N) is 2. The number of hydrogen-bond acceptors (Lipinski definition) is 3. The Labute approximate surface area is 106 Å². The van der Waals surface area contributed by atoms with Crippen molar-refractivity contribution in [3.63, 3.8) is 0 Å². The maximum atomic E-state index is 11.4. The van der Waals surface area contributed by atoms with Crippen molar-refractivity contribution in [1.82, 2.24) is 9.97 Å². The lowest BCUT2D eigenvalue weighted by Crippen LogP contribution is -2.24. The number of likely N-dealkylation sites (N-methyl/N-ethyl adjacent to an activating group) is 1. The lowest BCUT2D eigenvalue weighted by Gasteiger charge is -2.18. The second-order valence-electron chi connectivity index (χ2n) is 4.35. The van der Waals surface area contributed by atoms with E-state index in [2.05, 4.69) is 22.1 Å². The van der Waals surface area contributed by atoms with Crippen LogP contribution >= 0.6 is 0 Å². The van der Waals surface area contributed by atoms with Crippen molar-refractivity contribution in [2.24, 2.45) is 0 Å². The predicted octanol–water partition coefficient (Wildman–Crippen LogP) is 1.76. The molecule has 0 aliphatic heterocycles. The first-order chi connectivity index (χ1) is 8.65. The predicted molar refractivity (Wildman–Crippen MR) is 73.0 cm³/mol. The van der Waals surface area contributed by atoms with E-state index in [-0.39, 0.29) is 5.56 Å². The first-order valence-corrected chi connectivity index (χ1v) is 5.98. The number of anilines is 1. The summed E-state index contributed by atoms with van der Waals surface area (Å²) in [5.41, 5.74) is 1.18. The summed E-state index contributed by atoms with van der Waals surface area (Å²) in [5.74, 6) is 1.36. The highest BCUT2D eigenvalue weighted by Crippen LogP contribution is 2.07. The van der Waals surface area contributed by atoms with Gasteiger partial charge in [-0.3, -0.25) is 4.79 Å². The number of nitrogens with one attached hydrogen (secondary N) is 1. The van der Waals surface area contributed by atoms with Gasteiger partial charge in [0, 0.05) is 19.7 Å². The van der Waals surface area contributed by atoms with Gasteiger partial charge in [0.25, 0.3) is 5.56 Å². The van der Waals surface area contributed by atoms with Crippen molar-refractivity contribution in [1.29, 1.82) is 0 Å². The zero-order valence-corrected chi connectivity index (χ0v) is 10.7. The topological polar surface area (TPSA) is 49.0 Å². The molecule has 1 heterocycles. The van der Waals surface area contributed by atoms with Crippen molar-refractivity contribution in [2.75, 3.05) is 18.5 Å². The minimum atomic E-state index is -0.107. The van der Waals surface area contributed by atoms with Gasteiger partial charge in [0.1, 0.15) is 11.6 Å². The van der Waals surface area contributed by atoms with E-state index in [0.29, 0.717) is 11.6 Å². The molecule has 0 radical (unpaired) electrons. The molecule has 0 unspecified atom stereocenters. The van der Waals surface area contributed by atoms with E-state index in [9.17, 15) is 4.79 Å². The smallest absolute Gasteiger partial charge is 0.252 e. The molecule has 1 aromatic heterocycles. The largest absolute Gasteiger partial charge is 0.359 e. The van der Waals surface area contributed by atoms with E-state index in [1.165, 1.54) is 11.6 Å². The van der Waals surface area contributed by atoms with Crippen molar-refractivity contribution in [3.05, 3.63) is 58.1 Å². The third kappa shape index (κ3) is 3.20. The fourth-order valence-electron chi connectivity index (χ4n) is 1.82. The maximum Gasteiger partial charge on any atom is 0.252 e. The molecule has 4 heteroatoms. The summed E-state index contributed by atoms with van der Waals surface area (Å²) < 4.78 is 0. The van der Waals surface area contributed by atoms with Crippen LogP contribution in [0.1, 0.15) is 11.4 Å². The standard InChI is InChI=1S/C14H17N3O/c1-11-15-13(10-14(18)16-11)17(2)9-8-12-6-4-3-5-7-12/h3-7,10H,8-9H2,1-2H3,(H,15,16,18). The Morgan fingerprint density at radius 2 is 2.00 bits per heavy atom. The lowest BCUT2D eigenvalue weighted by atomic mass is 10.1. The Kier molecular flexibility index (Phi) is 3.77. The lowest BCUT2D eigenvalue weighted by molar-refractivity contribution is 0.845. The second kappa shape index (κ2) is 5.49. The molecule has 0 atom stereocenters. The number of aromatic amines is 1. The van der Waals surface area contributed by atoms with Gasteiger partial charge in [-0.1, -0.05) is 30.3 Å². The van der Waals surface area contributed by atoms with Crippen LogP contribution in [0.3, 0.4) is 0 Å². The molecule has 0 aliphatic carbocycles. The van der Waals surface area contributed by atoms with Gasteiger partial charge in [-0.2, -0.15) is 0 Å². The highest BCUT2D eigenvalue weighted by Gasteiger charge is 2.04. The van der Waals surface area contributed by atoms with Crippen LogP contribution in [0.5, 0.6) is 0 Å². The van der Waals surface area contributed by atoms with Crippen molar-refractivity contribution < 1.29 is 0 Å². The molecular formula is C14H17N3O. The number of rotatable bonds is 4. The quantitative estimate of drug-likeness (QED) is 0.890. The average Bonchev–Trinajstić information content (AvgIpc) is 2.36. The molecule has 0 fully saturated rings. The minimum absolute atomic E-state index is 0.107. The van der Waals surface area contributed by atoms with Crippen LogP contribution in [-0.4, -0.2) is 23.6 Å². The fraction of sp³-hybridized carbons (Fsp3) is 0.286. The molecule has 0 spiro atoms. The second-order valence-corrected chi connectivity index (χ2v) is 4.35. The van der Waals surface area contributed by atoms with E-state index >= 15 is 0 Å². The van der Waals surface area contributed by atoms with Gasteiger partial charge in [0.15, 0.2) is 0 Å². The molecule has 0 amide bonds. The normalized spacial score (nSPS) is 10.3. The van der Waals surface area contributed by atoms with E-state index < -0.39 is 0 Å². The molecular weight excluding hydrogens is 226 g/mol. The van der Waals surface area contributed by atoms with Gasteiger partial charge < -0.3 is 9.88 Å². The van der Waals surface area contributed by atoms with Crippen molar-refractivity contribution in [3.8, 4) is 0 Å². The number of H-pyrrole nitrogens is 1. The molecule has 0 aliphatic rings. The van der Waals surface area contributed by atoms with E-state index in [1.54, 1.807) is 6.92 Å². The van der Waals surface area contributed by atoms with Crippen LogP contribution in [0.25, 0.3) is 0 Å². The maximum absolute atomic E-state index is 11.4. The van der Waals surface area contributed by atoms with Gasteiger partial charge >= 0.3 is 0 Å². The molecule has 0 saturated heterocycles. The summed E-state index contributed by atoms with van der Waals surface area (Å²) >= 11 is 0. The number of benzene rings is 1. The molecule has 0 bridgehead atoms. The fourth-order valence-corrected chi connectivity index (χ4v) is 1.82. The summed E-state index contributed by atoms with van der Waals surface area (Å²) in [6.45, 7) is 2.62. The van der Waals surface area contributed by atoms with Gasteiger partial charge in [0.05, 0.1) is 0 Å². The van der Waals surface area contributed by atoms with E-state index in [1.807, 2.05) is 30.1 Å². The molecule has 1 N–H and O–H groups in total. The molecule has 2 aromatic rings. The first-order valence-electron chi connectivity index (χ1n) is 5.98. The Hall–Kier alpha value is -2.10. The zero-order valence-electron chi connectivity index (χ0n) is 10.7. The van der Waals surface area contributed by atoms with Crippen LogP contribution in [0, 0.1) is 6.92 Å². The van der Waals surface area contributed by atoms with Crippen LogP contribution in [0.2, 0.25) is 0 Å². The number of aryl methyl sites for hydroxylation is 1. The summed E-state index contributed by atoms with van der Waals surface area (Å²) in [6.07, 6.45) is 0.935. The molecule has 18 heavy (non-hydrogen) atoms. The van der Waals surface area contributed by atoms with Gasteiger partial charge in [-0.25, -0.2) is 4.98 Å². The van der Waals surface area contributed by atoms with E-state index in [0.717, 1.165) is 13.0 Å². The highest BCUT2D eigenvalue weighted by molar-refractivity contribution is 5.36. The Bertz CT molecular complexity index is 563. The molecule has 2 rings (SSSR count). The minimum Gasteiger partial charge on any atom is -0.359 e. The summed E-state index contributed by atoms with van der Waals surface area (Å²) in [6, 6.07) is 11.8. The first kappa shape index (κ1) is 12.4. The molecule has 94 valence electrons. The number of hydrogen-bond donors (Lipinski definition) is 1. The van der Waals surface area contributed by atoms with Crippen LogP contribution in [0.4, 0.5) is 5.82 Å². The third-order valence-corrected chi connectivity index (χ3v) is 2.82. The van der Waals surface area contributed by atoms with Gasteiger partial charge in [-0.05, 0) is 18.9 Å². The van der Waals surface area contributed by atoms with Crippen molar-refractivity contribution >= 4 is 5.82 Å². The van der Waals surface area contributed by atoms with Gasteiger partial charge in [-0.15, -0.1) is 0 Å². The molecule has 0 saturated carbocycles. The van der Waals surface area contributed by atoms with Crippen LogP contribution in [0.15, 0.2) is 41.2 Å². The Balaban J connectivity index is 2.03.